The number of benzene rings is 7. The Bertz CT molecular complexity index is 3130. The van der Waals surface area contributed by atoms with Crippen molar-refractivity contribution in [2.75, 3.05) is 4.81 Å². The van der Waals surface area contributed by atoms with Gasteiger partial charge >= 0.3 is 6.98 Å². The van der Waals surface area contributed by atoms with Crippen LogP contribution >= 0.6 is 0 Å². The number of hydrogen-bond donors (Lipinski definition) is 0. The van der Waals surface area contributed by atoms with Gasteiger partial charge in [-0.25, -0.2) is 4.98 Å². The molecule has 3 aromatic heterocycles. The van der Waals surface area contributed by atoms with Crippen molar-refractivity contribution < 1.29 is 25.5 Å². The predicted molar refractivity (Wildman–Crippen MR) is 237 cm³/mol. The van der Waals surface area contributed by atoms with E-state index in [1.807, 2.05) is 18.2 Å². The largest absolute Gasteiger partial charge is 0.525 e. The molecule has 0 saturated carbocycles. The molecule has 0 unspecified atom stereocenters. The summed E-state index contributed by atoms with van der Waals surface area (Å²) in [6.45, 7) is 6.42. The quantitative estimate of drug-likeness (QED) is 0.127. The van der Waals surface area contributed by atoms with Gasteiger partial charge in [-0.3, -0.25) is 0 Å². The molecule has 5 nitrogen and oxygen atoms in total. The van der Waals surface area contributed by atoms with Gasteiger partial charge in [0.2, 0.25) is 6.33 Å². The van der Waals surface area contributed by atoms with Gasteiger partial charge in [0.15, 0.2) is 0 Å². The summed E-state index contributed by atoms with van der Waals surface area (Å²) in [6, 6.07) is 69.5. The van der Waals surface area contributed by atoms with Crippen molar-refractivity contribution in [2.45, 2.75) is 26.2 Å². The summed E-state index contributed by atoms with van der Waals surface area (Å²) in [7, 11) is 0. The van der Waals surface area contributed by atoms with Crippen LogP contribution in [0.3, 0.4) is 0 Å². The van der Waals surface area contributed by atoms with Gasteiger partial charge in [-0.2, -0.15) is 54.6 Å². The second kappa shape index (κ2) is 14.4. The Morgan fingerprint density at radius 2 is 1.27 bits per heavy atom. The van der Waals surface area contributed by atoms with Crippen molar-refractivity contribution >= 4 is 56.8 Å². The first-order valence-electron chi connectivity index (χ1n) is 19.9. The zero-order chi connectivity index (χ0) is 39.0. The van der Waals surface area contributed by atoms with Crippen molar-refractivity contribution in [3.05, 3.63) is 200 Å². The second-order valence-electron chi connectivity index (χ2n) is 16.0. The van der Waals surface area contributed by atoms with E-state index in [0.717, 1.165) is 67.1 Å². The Hall–Kier alpha value is -6.49. The Labute approximate surface area is 359 Å². The van der Waals surface area contributed by atoms with Gasteiger partial charge in [0.25, 0.3) is 0 Å². The number of pyridine rings is 1. The zero-order valence-electron chi connectivity index (χ0n) is 32.9. The molecule has 10 aromatic rings. The van der Waals surface area contributed by atoms with Crippen LogP contribution in [0.25, 0.3) is 66.6 Å². The molecular formula is C52H38BN5Pt-2. The Morgan fingerprint density at radius 1 is 0.610 bits per heavy atom. The normalized spacial score (nSPS) is 12.2. The van der Waals surface area contributed by atoms with E-state index >= 15 is 0 Å². The van der Waals surface area contributed by atoms with E-state index in [0.29, 0.717) is 0 Å². The van der Waals surface area contributed by atoms with E-state index in [1.54, 1.807) is 0 Å². The Morgan fingerprint density at radius 3 is 2.07 bits per heavy atom. The number of hydrogen-bond acceptors (Lipinski definition) is 2. The van der Waals surface area contributed by atoms with Gasteiger partial charge in [-0.1, -0.05) is 135 Å². The van der Waals surface area contributed by atoms with Crippen LogP contribution in [-0.4, -0.2) is 21.1 Å². The third-order valence-corrected chi connectivity index (χ3v) is 11.5. The van der Waals surface area contributed by atoms with Crippen LogP contribution in [0, 0.1) is 18.5 Å². The van der Waals surface area contributed by atoms with E-state index in [1.165, 1.54) is 22.1 Å². The summed E-state index contributed by atoms with van der Waals surface area (Å²) in [5.74, 6) is 1.67. The van der Waals surface area contributed by atoms with Gasteiger partial charge in [0.05, 0.1) is 11.0 Å². The third-order valence-electron chi connectivity index (χ3n) is 11.5. The van der Waals surface area contributed by atoms with Gasteiger partial charge in [-0.05, 0) is 69.0 Å². The number of anilines is 2. The minimum atomic E-state index is -0.416. The maximum atomic E-state index is 5.73. The fraction of sp³-hybridized carbons (Fsp3) is 0.0769. The molecule has 286 valence electrons. The molecule has 7 heteroatoms. The molecule has 4 heterocycles. The van der Waals surface area contributed by atoms with E-state index in [4.69, 9.17) is 4.98 Å². The number of fused-ring (bicyclic) bond motifs is 7. The van der Waals surface area contributed by atoms with Crippen LogP contribution in [0.15, 0.2) is 176 Å². The molecule has 11 rings (SSSR count). The second-order valence-corrected chi connectivity index (χ2v) is 16.0. The van der Waals surface area contributed by atoms with Crippen molar-refractivity contribution in [1.82, 2.24) is 14.1 Å². The molecule has 0 fully saturated rings. The van der Waals surface area contributed by atoms with E-state index in [9.17, 15) is 0 Å². The molecule has 0 amide bonds. The molecule has 0 spiro atoms. The summed E-state index contributed by atoms with van der Waals surface area (Å²) >= 11 is 0. The van der Waals surface area contributed by atoms with Gasteiger partial charge in [-0.15, -0.1) is 5.39 Å². The summed E-state index contributed by atoms with van der Waals surface area (Å²) in [4.78, 5) is 8.14. The molecule has 0 aliphatic carbocycles. The minimum Gasteiger partial charge on any atom is -0.354 e. The summed E-state index contributed by atoms with van der Waals surface area (Å²) in [5, 5.41) is 2.33. The van der Waals surface area contributed by atoms with E-state index in [2.05, 4.69) is 215 Å². The molecule has 1 aliphatic heterocycles. The zero-order valence-corrected chi connectivity index (χ0v) is 35.1. The third kappa shape index (κ3) is 5.96. The fourth-order valence-corrected chi connectivity index (χ4v) is 8.84. The van der Waals surface area contributed by atoms with Gasteiger partial charge < -0.3 is 18.4 Å². The van der Waals surface area contributed by atoms with Crippen LogP contribution in [0.2, 0.25) is 0 Å². The predicted octanol–water partition coefficient (Wildman–Crippen LogP) is 10.8. The van der Waals surface area contributed by atoms with Gasteiger partial charge in [0, 0.05) is 37.7 Å². The molecule has 59 heavy (non-hydrogen) atoms. The molecule has 0 radical (unpaired) electrons. The van der Waals surface area contributed by atoms with Crippen molar-refractivity contribution in [3.8, 4) is 33.8 Å². The van der Waals surface area contributed by atoms with Crippen molar-refractivity contribution in [3.63, 3.8) is 0 Å². The number of aromatic nitrogens is 4. The van der Waals surface area contributed by atoms with Crippen LogP contribution < -0.4 is 14.8 Å². The fourth-order valence-electron chi connectivity index (χ4n) is 8.84. The molecule has 0 N–H and O–H groups in total. The molecule has 1 aliphatic rings. The standard InChI is InChI=1S/C52H38BN5.Pt/c1-52(2,3)36-33-49(57-46-30-16-13-26-42(46)43-27-14-17-31-47(43)57)54-50(34-36)58(38-21-8-5-9-22-38)53-45-29-15-12-25-41(45)39-23-10-11-24-40(39)44-28-18-32-48-51(44)56(53)35-55(48)37-19-6-4-7-20-37;/h4-19,21-30,32-34H,1-3H3;/q-2;. The molecule has 0 atom stereocenters. The summed E-state index contributed by atoms with van der Waals surface area (Å²) in [5.41, 5.74) is 13.0. The smallest absolute Gasteiger partial charge is 0.354 e. The number of para-hydroxylation sites is 5. The first kappa shape index (κ1) is 36.8. The van der Waals surface area contributed by atoms with Crippen LogP contribution in [0.4, 0.5) is 11.5 Å². The van der Waals surface area contributed by atoms with Crippen LogP contribution in [0.1, 0.15) is 26.3 Å². The average Bonchev–Trinajstić information content (AvgIpc) is 3.82. The van der Waals surface area contributed by atoms with Crippen LogP contribution in [-0.2, 0) is 26.5 Å². The molecular weight excluding hydrogens is 900 g/mol. The maximum absolute atomic E-state index is 5.73. The van der Waals surface area contributed by atoms with E-state index < -0.39 is 6.98 Å². The first-order chi connectivity index (χ1) is 28.4. The summed E-state index contributed by atoms with van der Waals surface area (Å²) < 4.78 is 6.78. The van der Waals surface area contributed by atoms with Crippen molar-refractivity contribution in [2.24, 2.45) is 0 Å². The minimum absolute atomic E-state index is 0. The maximum Gasteiger partial charge on any atom is 0.525 e. The summed E-state index contributed by atoms with van der Waals surface area (Å²) in [6.07, 6.45) is 3.92. The number of rotatable bonds is 5. The first-order valence-corrected chi connectivity index (χ1v) is 19.9. The Balaban J connectivity index is 0.00000420. The number of nitrogens with zero attached hydrogens (tertiary/aromatic N) is 5. The Kier molecular flexibility index (Phi) is 8.99. The monoisotopic (exact) mass is 938 g/mol. The molecule has 0 bridgehead atoms. The van der Waals surface area contributed by atoms with Crippen molar-refractivity contribution in [1.29, 1.82) is 0 Å². The number of imidazole rings is 1. The topological polar surface area (TPSA) is 29.9 Å². The SMILES string of the molecule is CC(C)(C)c1cc(N(B2c3ccccc3-c3ccccc3-c3cccc4c3[n+]2[c-]n4-c2[c-]cccc2)c2ccccc2)nc(-n2c3[c-]cccc3c3ccccc32)c1.[Pt]. The molecule has 7 aromatic carbocycles. The average molecular weight is 939 g/mol. The molecule has 0 saturated heterocycles. The van der Waals surface area contributed by atoms with Gasteiger partial charge in [0.1, 0.15) is 11.6 Å². The van der Waals surface area contributed by atoms with Crippen LogP contribution in [0.5, 0.6) is 0 Å². The van der Waals surface area contributed by atoms with E-state index in [-0.39, 0.29) is 26.5 Å².